The second-order valence-electron chi connectivity index (χ2n) is 7.32. The van der Waals surface area contributed by atoms with Gasteiger partial charge in [0.1, 0.15) is 0 Å². The van der Waals surface area contributed by atoms with Crippen molar-refractivity contribution in [2.45, 2.75) is 31.6 Å². The second kappa shape index (κ2) is 7.87. The molecular weight excluding hydrogens is 381 g/mol. The summed E-state index contributed by atoms with van der Waals surface area (Å²) in [5.41, 5.74) is 1.97. The van der Waals surface area contributed by atoms with Crippen LogP contribution in [0.15, 0.2) is 48.5 Å². The van der Waals surface area contributed by atoms with Gasteiger partial charge >= 0.3 is 6.18 Å². The Morgan fingerprint density at radius 1 is 1.14 bits per heavy atom. The third-order valence-corrected chi connectivity index (χ3v) is 5.18. The summed E-state index contributed by atoms with van der Waals surface area (Å²) in [6.45, 7) is 2.66. The Morgan fingerprint density at radius 3 is 2.55 bits per heavy atom. The van der Waals surface area contributed by atoms with Crippen molar-refractivity contribution >= 4 is 16.9 Å². The van der Waals surface area contributed by atoms with E-state index in [0.717, 1.165) is 32.5 Å². The molecule has 2 aromatic carbocycles. The van der Waals surface area contributed by atoms with Gasteiger partial charge in [-0.15, -0.1) is 0 Å². The first-order valence-electron chi connectivity index (χ1n) is 9.52. The number of aromatic nitrogens is 2. The number of halogens is 3. The monoisotopic (exact) mass is 402 g/mol. The predicted octanol–water partition coefficient (Wildman–Crippen LogP) is 3.98. The average Bonchev–Trinajstić information content (AvgIpc) is 3.14. The zero-order chi connectivity index (χ0) is 20.4. The lowest BCUT2D eigenvalue weighted by Crippen LogP contribution is -2.44. The maximum Gasteiger partial charge on any atom is 0.449 e. The third-order valence-electron chi connectivity index (χ3n) is 5.18. The lowest BCUT2D eigenvalue weighted by Gasteiger charge is -2.32. The highest BCUT2D eigenvalue weighted by atomic mass is 19.4. The number of hydrogen-bond acceptors (Lipinski definition) is 3. The van der Waals surface area contributed by atoms with Crippen LogP contribution in [0, 0.1) is 0 Å². The van der Waals surface area contributed by atoms with Crippen molar-refractivity contribution in [3.05, 3.63) is 65.5 Å². The van der Waals surface area contributed by atoms with E-state index in [9.17, 15) is 18.0 Å². The van der Waals surface area contributed by atoms with Gasteiger partial charge in [0.25, 0.3) is 5.91 Å². The van der Waals surface area contributed by atoms with Crippen molar-refractivity contribution in [1.82, 2.24) is 20.2 Å². The molecule has 0 atom stereocenters. The number of H-pyrrole nitrogens is 1. The molecule has 1 fully saturated rings. The van der Waals surface area contributed by atoms with Crippen LogP contribution < -0.4 is 5.32 Å². The summed E-state index contributed by atoms with van der Waals surface area (Å²) in [6, 6.07) is 14.6. The molecule has 4 rings (SSSR count). The minimum Gasteiger partial charge on any atom is -0.349 e. The Balaban J connectivity index is 1.35. The lowest BCUT2D eigenvalue weighted by atomic mass is 10.0. The van der Waals surface area contributed by atoms with E-state index in [1.54, 1.807) is 0 Å². The van der Waals surface area contributed by atoms with Crippen LogP contribution in [0.2, 0.25) is 0 Å². The fraction of sp³-hybridized carbons (Fsp3) is 0.333. The van der Waals surface area contributed by atoms with Gasteiger partial charge in [-0.1, -0.05) is 30.3 Å². The van der Waals surface area contributed by atoms with Crippen LogP contribution in [0.5, 0.6) is 0 Å². The number of imidazole rings is 1. The van der Waals surface area contributed by atoms with E-state index < -0.39 is 12.0 Å². The highest BCUT2D eigenvalue weighted by Gasteiger charge is 2.34. The molecule has 0 radical (unpaired) electrons. The first-order valence-corrected chi connectivity index (χ1v) is 9.52. The first kappa shape index (κ1) is 19.4. The molecule has 1 aliphatic rings. The van der Waals surface area contributed by atoms with Gasteiger partial charge in [-0.25, -0.2) is 4.98 Å². The third kappa shape index (κ3) is 4.59. The normalized spacial score (nSPS) is 16.2. The Labute approximate surface area is 165 Å². The average molecular weight is 402 g/mol. The molecule has 0 unspecified atom stereocenters. The molecule has 152 valence electrons. The molecule has 2 heterocycles. The zero-order valence-corrected chi connectivity index (χ0v) is 15.7. The smallest absolute Gasteiger partial charge is 0.349 e. The van der Waals surface area contributed by atoms with Crippen LogP contribution in [0.25, 0.3) is 11.0 Å². The predicted molar refractivity (Wildman–Crippen MR) is 103 cm³/mol. The molecular formula is C21H21F3N4O. The minimum atomic E-state index is -4.55. The maximum atomic E-state index is 12.8. The number of carbonyl (C=O) groups is 1. The number of carbonyl (C=O) groups excluding carboxylic acids is 1. The SMILES string of the molecule is O=C(NC1CCN(Cc2ccccc2)CC1)c1ccc2nc(C(F)(F)F)[nH]c2c1. The van der Waals surface area contributed by atoms with Crippen LogP contribution in [-0.4, -0.2) is 39.9 Å². The summed E-state index contributed by atoms with van der Waals surface area (Å²) in [5, 5.41) is 3.00. The van der Waals surface area contributed by atoms with Gasteiger partial charge in [-0.3, -0.25) is 9.69 Å². The first-order chi connectivity index (χ1) is 13.9. The standard InChI is InChI=1S/C21H21F3N4O/c22-21(23,24)20-26-17-7-6-15(12-18(17)27-20)19(29)25-16-8-10-28(11-9-16)13-14-4-2-1-3-5-14/h1-7,12,16H,8-11,13H2,(H,25,29)(H,26,27). The van der Waals surface area contributed by atoms with Gasteiger partial charge in [0.2, 0.25) is 5.82 Å². The fourth-order valence-electron chi connectivity index (χ4n) is 3.63. The number of nitrogens with one attached hydrogen (secondary N) is 2. The molecule has 0 saturated carbocycles. The number of alkyl halides is 3. The summed E-state index contributed by atoms with van der Waals surface area (Å²) in [6.07, 6.45) is -2.87. The quantitative estimate of drug-likeness (QED) is 0.694. The van der Waals surface area contributed by atoms with Crippen LogP contribution in [-0.2, 0) is 12.7 Å². The van der Waals surface area contributed by atoms with Gasteiger partial charge in [0.05, 0.1) is 11.0 Å². The van der Waals surface area contributed by atoms with Crippen molar-refractivity contribution in [3.8, 4) is 0 Å². The van der Waals surface area contributed by atoms with Crippen molar-refractivity contribution in [3.63, 3.8) is 0 Å². The summed E-state index contributed by atoms with van der Waals surface area (Å²) < 4.78 is 38.4. The van der Waals surface area contributed by atoms with Crippen molar-refractivity contribution in [2.24, 2.45) is 0 Å². The van der Waals surface area contributed by atoms with Gasteiger partial charge in [0, 0.05) is 31.2 Å². The molecule has 1 saturated heterocycles. The summed E-state index contributed by atoms with van der Waals surface area (Å²) in [4.78, 5) is 20.7. The highest BCUT2D eigenvalue weighted by molar-refractivity contribution is 5.97. The molecule has 0 spiro atoms. The number of fused-ring (bicyclic) bond motifs is 1. The number of hydrogen-bond donors (Lipinski definition) is 2. The van der Waals surface area contributed by atoms with Crippen molar-refractivity contribution in [1.29, 1.82) is 0 Å². The van der Waals surface area contributed by atoms with E-state index in [-0.39, 0.29) is 23.0 Å². The van der Waals surface area contributed by atoms with E-state index in [2.05, 4.69) is 32.3 Å². The number of nitrogens with zero attached hydrogens (tertiary/aromatic N) is 2. The van der Waals surface area contributed by atoms with Crippen LogP contribution in [0.1, 0.15) is 34.6 Å². The minimum absolute atomic E-state index is 0.0534. The molecule has 3 aromatic rings. The van der Waals surface area contributed by atoms with Crippen LogP contribution in [0.3, 0.4) is 0 Å². The van der Waals surface area contributed by atoms with Gasteiger partial charge in [-0.05, 0) is 36.6 Å². The van der Waals surface area contributed by atoms with E-state index in [4.69, 9.17) is 0 Å². The molecule has 0 bridgehead atoms. The maximum absolute atomic E-state index is 12.8. The highest BCUT2D eigenvalue weighted by Crippen LogP contribution is 2.28. The van der Waals surface area contributed by atoms with E-state index in [1.165, 1.54) is 23.8 Å². The lowest BCUT2D eigenvalue weighted by molar-refractivity contribution is -0.144. The topological polar surface area (TPSA) is 61.0 Å². The number of benzene rings is 2. The number of likely N-dealkylation sites (tertiary alicyclic amines) is 1. The molecule has 0 aliphatic carbocycles. The molecule has 1 aliphatic heterocycles. The largest absolute Gasteiger partial charge is 0.449 e. The van der Waals surface area contributed by atoms with E-state index in [1.807, 2.05) is 18.2 Å². The molecule has 29 heavy (non-hydrogen) atoms. The molecule has 5 nitrogen and oxygen atoms in total. The number of aromatic amines is 1. The molecule has 2 N–H and O–H groups in total. The van der Waals surface area contributed by atoms with Crippen LogP contribution >= 0.6 is 0 Å². The Bertz CT molecular complexity index is 992. The summed E-state index contributed by atoms with van der Waals surface area (Å²) in [5.74, 6) is -1.34. The Morgan fingerprint density at radius 2 is 1.86 bits per heavy atom. The zero-order valence-electron chi connectivity index (χ0n) is 15.7. The van der Waals surface area contributed by atoms with Gasteiger partial charge in [-0.2, -0.15) is 13.2 Å². The number of amides is 1. The van der Waals surface area contributed by atoms with Crippen LogP contribution in [0.4, 0.5) is 13.2 Å². The van der Waals surface area contributed by atoms with Crippen molar-refractivity contribution in [2.75, 3.05) is 13.1 Å². The summed E-state index contributed by atoms with van der Waals surface area (Å²) in [7, 11) is 0. The molecule has 8 heteroatoms. The van der Waals surface area contributed by atoms with Gasteiger partial charge in [0.15, 0.2) is 0 Å². The van der Waals surface area contributed by atoms with E-state index >= 15 is 0 Å². The number of rotatable bonds is 4. The van der Waals surface area contributed by atoms with Crippen molar-refractivity contribution < 1.29 is 18.0 Å². The molecule has 1 amide bonds. The Hall–Kier alpha value is -2.87. The van der Waals surface area contributed by atoms with Gasteiger partial charge < -0.3 is 10.3 Å². The fourth-order valence-corrected chi connectivity index (χ4v) is 3.63. The summed E-state index contributed by atoms with van der Waals surface area (Å²) >= 11 is 0. The van der Waals surface area contributed by atoms with E-state index in [0.29, 0.717) is 5.56 Å². The Kier molecular flexibility index (Phi) is 5.27. The second-order valence-corrected chi connectivity index (χ2v) is 7.32. The number of piperidine rings is 1. The molecule has 1 aromatic heterocycles.